The van der Waals surface area contributed by atoms with Gasteiger partial charge in [-0.05, 0) is 13.3 Å². The van der Waals surface area contributed by atoms with E-state index in [1.54, 1.807) is 6.92 Å². The van der Waals surface area contributed by atoms with Crippen LogP contribution in [0.1, 0.15) is 68.8 Å². The first kappa shape index (κ1) is 14.7. The number of carbonyl (C=O) groups is 1. The number of hydrogen-bond acceptors (Lipinski definition) is 3. The molecular weight excluding hydrogens is 228 g/mol. The molecule has 0 aromatic carbocycles. The van der Waals surface area contributed by atoms with Crippen LogP contribution in [0.15, 0.2) is 4.52 Å². The highest BCUT2D eigenvalue weighted by molar-refractivity contribution is 5.96. The monoisotopic (exact) mass is 252 g/mol. The number of hydrogen-bond donors (Lipinski definition) is 1. The van der Waals surface area contributed by atoms with E-state index in [4.69, 9.17) is 4.52 Å². The molecule has 0 fully saturated rings. The largest absolute Gasteiger partial charge is 0.361 e. The Kier molecular flexibility index (Phi) is 4.93. The highest BCUT2D eigenvalue weighted by atomic mass is 16.5. The topological polar surface area (TPSA) is 55.1 Å². The molecule has 1 N–H and O–H groups in total. The van der Waals surface area contributed by atoms with Gasteiger partial charge in [0.25, 0.3) is 5.91 Å². The van der Waals surface area contributed by atoms with Crippen molar-refractivity contribution in [1.29, 1.82) is 0 Å². The van der Waals surface area contributed by atoms with Crippen LogP contribution in [0.5, 0.6) is 0 Å². The number of unbranched alkanes of at least 4 members (excludes halogenated alkanes) is 2. The fourth-order valence-electron chi connectivity index (χ4n) is 1.82. The molecule has 0 atom stereocenters. The standard InChI is InChI=1S/C14H24N2O2/c1-6-7-8-9-15-13(17)11-10(2)18-16-12(11)14(3,4)5/h6-9H2,1-5H3,(H,15,17). The molecule has 1 amide bonds. The maximum Gasteiger partial charge on any atom is 0.256 e. The number of aryl methyl sites for hydroxylation is 1. The Bertz CT molecular complexity index is 402. The quantitative estimate of drug-likeness (QED) is 0.819. The molecule has 0 unspecified atom stereocenters. The number of amides is 1. The van der Waals surface area contributed by atoms with Gasteiger partial charge in [-0.15, -0.1) is 0 Å². The predicted octanol–water partition coefficient (Wildman–Crippen LogP) is 3.20. The van der Waals surface area contributed by atoms with Gasteiger partial charge in [0.1, 0.15) is 17.0 Å². The van der Waals surface area contributed by atoms with E-state index >= 15 is 0 Å². The summed E-state index contributed by atoms with van der Waals surface area (Å²) in [6, 6.07) is 0. The van der Waals surface area contributed by atoms with Crippen LogP contribution in [0.25, 0.3) is 0 Å². The van der Waals surface area contributed by atoms with Gasteiger partial charge in [0.05, 0.1) is 0 Å². The van der Waals surface area contributed by atoms with Crippen LogP contribution in [0.4, 0.5) is 0 Å². The second kappa shape index (κ2) is 6.03. The first-order valence-corrected chi connectivity index (χ1v) is 6.63. The summed E-state index contributed by atoms with van der Waals surface area (Å²) in [6.07, 6.45) is 3.29. The van der Waals surface area contributed by atoms with E-state index in [2.05, 4.69) is 17.4 Å². The Labute approximate surface area is 109 Å². The predicted molar refractivity (Wildman–Crippen MR) is 71.8 cm³/mol. The van der Waals surface area contributed by atoms with Crippen LogP contribution in [0.3, 0.4) is 0 Å². The summed E-state index contributed by atoms with van der Waals surface area (Å²) in [7, 11) is 0. The first-order chi connectivity index (χ1) is 8.38. The van der Waals surface area contributed by atoms with Crippen molar-refractivity contribution in [3.63, 3.8) is 0 Å². The second-order valence-electron chi connectivity index (χ2n) is 5.68. The third-order valence-electron chi connectivity index (χ3n) is 2.87. The van der Waals surface area contributed by atoms with Crippen LogP contribution in [-0.4, -0.2) is 17.6 Å². The molecular formula is C14H24N2O2. The maximum absolute atomic E-state index is 12.1. The first-order valence-electron chi connectivity index (χ1n) is 6.63. The van der Waals surface area contributed by atoms with Gasteiger partial charge >= 0.3 is 0 Å². The fourth-order valence-corrected chi connectivity index (χ4v) is 1.82. The summed E-state index contributed by atoms with van der Waals surface area (Å²) < 4.78 is 5.16. The van der Waals surface area contributed by atoms with Crippen LogP contribution >= 0.6 is 0 Å². The molecule has 0 spiro atoms. The van der Waals surface area contributed by atoms with Crippen LogP contribution in [-0.2, 0) is 5.41 Å². The molecule has 0 aliphatic rings. The summed E-state index contributed by atoms with van der Waals surface area (Å²) in [5, 5.41) is 6.95. The Morgan fingerprint density at radius 2 is 2.00 bits per heavy atom. The van der Waals surface area contributed by atoms with E-state index in [1.165, 1.54) is 0 Å². The zero-order chi connectivity index (χ0) is 13.8. The van der Waals surface area contributed by atoms with Crippen LogP contribution < -0.4 is 5.32 Å². The fraction of sp³-hybridized carbons (Fsp3) is 0.714. The molecule has 0 bridgehead atoms. The van der Waals surface area contributed by atoms with Gasteiger partial charge in [-0.3, -0.25) is 4.79 Å². The Morgan fingerprint density at radius 3 is 2.56 bits per heavy atom. The number of carbonyl (C=O) groups excluding carboxylic acids is 1. The van der Waals surface area contributed by atoms with E-state index in [9.17, 15) is 4.79 Å². The average molecular weight is 252 g/mol. The minimum absolute atomic E-state index is 0.0743. The molecule has 18 heavy (non-hydrogen) atoms. The minimum atomic E-state index is -0.187. The lowest BCUT2D eigenvalue weighted by Gasteiger charge is -2.16. The summed E-state index contributed by atoms with van der Waals surface area (Å²) >= 11 is 0. The molecule has 1 aromatic rings. The van der Waals surface area contributed by atoms with Gasteiger partial charge in [-0.2, -0.15) is 0 Å². The molecule has 0 saturated carbocycles. The Morgan fingerprint density at radius 1 is 1.33 bits per heavy atom. The highest BCUT2D eigenvalue weighted by Gasteiger charge is 2.28. The summed E-state index contributed by atoms with van der Waals surface area (Å²) in [5.74, 6) is 0.516. The lowest BCUT2D eigenvalue weighted by Crippen LogP contribution is -2.28. The molecule has 1 aromatic heterocycles. The Hall–Kier alpha value is -1.32. The molecule has 0 saturated heterocycles. The highest BCUT2D eigenvalue weighted by Crippen LogP contribution is 2.26. The normalized spacial score (nSPS) is 11.6. The number of rotatable bonds is 5. The molecule has 102 valence electrons. The number of aromatic nitrogens is 1. The molecule has 1 rings (SSSR count). The van der Waals surface area contributed by atoms with Gasteiger partial charge in [0.2, 0.25) is 0 Å². The van der Waals surface area contributed by atoms with E-state index in [1.807, 2.05) is 20.8 Å². The molecule has 0 aliphatic carbocycles. The van der Waals surface area contributed by atoms with Gasteiger partial charge in [-0.25, -0.2) is 0 Å². The second-order valence-corrected chi connectivity index (χ2v) is 5.68. The van der Waals surface area contributed by atoms with Crippen molar-refractivity contribution in [2.45, 2.75) is 59.3 Å². The van der Waals surface area contributed by atoms with Gasteiger partial charge in [0.15, 0.2) is 0 Å². The molecule has 1 heterocycles. The van der Waals surface area contributed by atoms with Crippen molar-refractivity contribution >= 4 is 5.91 Å². The molecule has 4 nitrogen and oxygen atoms in total. The Balaban J connectivity index is 2.76. The lowest BCUT2D eigenvalue weighted by molar-refractivity contribution is 0.0949. The lowest BCUT2D eigenvalue weighted by atomic mass is 9.88. The number of nitrogens with one attached hydrogen (secondary N) is 1. The summed E-state index contributed by atoms with van der Waals surface area (Å²) in [6.45, 7) is 10.7. The van der Waals surface area contributed by atoms with E-state index in [-0.39, 0.29) is 11.3 Å². The van der Waals surface area contributed by atoms with Crippen molar-refractivity contribution < 1.29 is 9.32 Å². The third kappa shape index (κ3) is 3.59. The maximum atomic E-state index is 12.1. The van der Waals surface area contributed by atoms with Gasteiger partial charge in [-0.1, -0.05) is 45.7 Å². The van der Waals surface area contributed by atoms with Crippen molar-refractivity contribution in [2.75, 3.05) is 6.54 Å². The van der Waals surface area contributed by atoms with Crippen molar-refractivity contribution in [3.05, 3.63) is 17.0 Å². The van der Waals surface area contributed by atoms with E-state index in [0.717, 1.165) is 25.0 Å². The molecule has 4 heteroatoms. The van der Waals surface area contributed by atoms with E-state index in [0.29, 0.717) is 17.9 Å². The van der Waals surface area contributed by atoms with Gasteiger partial charge < -0.3 is 9.84 Å². The summed E-state index contributed by atoms with van der Waals surface area (Å²) in [5.41, 5.74) is 1.14. The zero-order valence-corrected chi connectivity index (χ0v) is 12.1. The van der Waals surface area contributed by atoms with Crippen molar-refractivity contribution in [3.8, 4) is 0 Å². The SMILES string of the molecule is CCCCCNC(=O)c1c(C(C)(C)C)noc1C. The molecule has 0 radical (unpaired) electrons. The van der Waals surface area contributed by atoms with E-state index < -0.39 is 0 Å². The van der Waals surface area contributed by atoms with Crippen LogP contribution in [0.2, 0.25) is 0 Å². The average Bonchev–Trinajstić information content (AvgIpc) is 2.66. The third-order valence-corrected chi connectivity index (χ3v) is 2.87. The minimum Gasteiger partial charge on any atom is -0.361 e. The number of nitrogens with zero attached hydrogens (tertiary/aromatic N) is 1. The zero-order valence-electron chi connectivity index (χ0n) is 12.1. The van der Waals surface area contributed by atoms with Gasteiger partial charge in [0, 0.05) is 12.0 Å². The summed E-state index contributed by atoms with van der Waals surface area (Å²) in [4.78, 5) is 12.1. The van der Waals surface area contributed by atoms with Crippen molar-refractivity contribution in [1.82, 2.24) is 10.5 Å². The molecule has 0 aliphatic heterocycles. The van der Waals surface area contributed by atoms with Crippen LogP contribution in [0, 0.1) is 6.92 Å². The smallest absolute Gasteiger partial charge is 0.256 e. The van der Waals surface area contributed by atoms with Crippen molar-refractivity contribution in [2.24, 2.45) is 0 Å².